The van der Waals surface area contributed by atoms with Gasteiger partial charge >= 0.3 is 0 Å². The van der Waals surface area contributed by atoms with Crippen LogP contribution in [-0.4, -0.2) is 27.6 Å². The summed E-state index contributed by atoms with van der Waals surface area (Å²) in [6, 6.07) is 13.2. The van der Waals surface area contributed by atoms with Crippen LogP contribution in [0.15, 0.2) is 52.1 Å². The summed E-state index contributed by atoms with van der Waals surface area (Å²) >= 11 is 1.23. The van der Waals surface area contributed by atoms with Crippen molar-refractivity contribution in [2.75, 3.05) is 11.1 Å². The average Bonchev–Trinajstić information content (AvgIpc) is 3.08. The third-order valence-corrected chi connectivity index (χ3v) is 5.48. The summed E-state index contributed by atoms with van der Waals surface area (Å²) < 4.78 is 5.70. The van der Waals surface area contributed by atoms with E-state index in [-0.39, 0.29) is 17.4 Å². The molecule has 0 saturated carbocycles. The summed E-state index contributed by atoms with van der Waals surface area (Å²) in [6.07, 6.45) is 2.08. The SMILES string of the molecule is Cc1ccccc1-c1nnc(SCC(=O)c2ccc3c(c2)CCCC(=O)N3)o1. The topological polar surface area (TPSA) is 85.1 Å². The Morgan fingerprint density at radius 1 is 1.18 bits per heavy atom. The van der Waals surface area contributed by atoms with Gasteiger partial charge in [0, 0.05) is 23.2 Å². The molecule has 142 valence electrons. The first-order chi connectivity index (χ1) is 13.6. The molecule has 0 fully saturated rings. The van der Waals surface area contributed by atoms with E-state index < -0.39 is 0 Å². The predicted molar refractivity (Wildman–Crippen MR) is 108 cm³/mol. The van der Waals surface area contributed by atoms with Gasteiger partial charge in [-0.15, -0.1) is 10.2 Å². The third kappa shape index (κ3) is 3.99. The molecule has 1 aliphatic heterocycles. The first kappa shape index (κ1) is 18.4. The minimum atomic E-state index is -0.0148. The minimum Gasteiger partial charge on any atom is -0.411 e. The van der Waals surface area contributed by atoms with Crippen LogP contribution < -0.4 is 5.32 Å². The predicted octanol–water partition coefficient (Wildman–Crippen LogP) is 4.29. The number of carbonyl (C=O) groups is 2. The van der Waals surface area contributed by atoms with E-state index in [0.29, 0.717) is 23.1 Å². The van der Waals surface area contributed by atoms with Crippen molar-refractivity contribution in [1.29, 1.82) is 0 Å². The monoisotopic (exact) mass is 393 g/mol. The molecule has 4 rings (SSSR count). The smallest absolute Gasteiger partial charge is 0.277 e. The Bertz CT molecular complexity index is 1040. The zero-order valence-electron chi connectivity index (χ0n) is 15.4. The van der Waals surface area contributed by atoms with E-state index >= 15 is 0 Å². The van der Waals surface area contributed by atoms with Crippen molar-refractivity contribution >= 4 is 29.1 Å². The van der Waals surface area contributed by atoms with Crippen LogP contribution in [0, 0.1) is 6.92 Å². The molecule has 0 unspecified atom stereocenters. The third-order valence-electron chi connectivity index (χ3n) is 4.66. The minimum absolute atomic E-state index is 0.0148. The molecule has 1 aromatic heterocycles. The fourth-order valence-corrected chi connectivity index (χ4v) is 3.81. The Labute approximate surface area is 166 Å². The molecule has 0 bridgehead atoms. The summed E-state index contributed by atoms with van der Waals surface area (Å²) in [4.78, 5) is 24.2. The molecule has 2 heterocycles. The zero-order chi connectivity index (χ0) is 19.5. The Balaban J connectivity index is 1.43. The number of fused-ring (bicyclic) bond motifs is 1. The molecular formula is C21H19N3O3S. The number of thioether (sulfide) groups is 1. The summed E-state index contributed by atoms with van der Waals surface area (Å²) in [7, 11) is 0. The quantitative estimate of drug-likeness (QED) is 0.514. The van der Waals surface area contributed by atoms with Gasteiger partial charge in [-0.1, -0.05) is 30.0 Å². The molecule has 1 aliphatic rings. The Morgan fingerprint density at radius 3 is 2.89 bits per heavy atom. The lowest BCUT2D eigenvalue weighted by atomic mass is 10.0. The number of nitrogens with zero attached hydrogens (tertiary/aromatic N) is 2. The van der Waals surface area contributed by atoms with E-state index in [2.05, 4.69) is 15.5 Å². The number of anilines is 1. The number of rotatable bonds is 5. The van der Waals surface area contributed by atoms with Crippen molar-refractivity contribution < 1.29 is 14.0 Å². The highest BCUT2D eigenvalue weighted by molar-refractivity contribution is 7.99. The number of nitrogens with one attached hydrogen (secondary N) is 1. The lowest BCUT2D eigenvalue weighted by Gasteiger charge is -2.08. The van der Waals surface area contributed by atoms with Gasteiger partial charge in [-0.2, -0.15) is 0 Å². The van der Waals surface area contributed by atoms with E-state index in [1.807, 2.05) is 37.3 Å². The fourth-order valence-electron chi connectivity index (χ4n) is 3.15. The molecular weight excluding hydrogens is 374 g/mol. The second-order valence-electron chi connectivity index (χ2n) is 6.67. The number of benzene rings is 2. The van der Waals surface area contributed by atoms with Crippen molar-refractivity contribution in [3.63, 3.8) is 0 Å². The number of amides is 1. The highest BCUT2D eigenvalue weighted by Gasteiger charge is 2.17. The highest BCUT2D eigenvalue weighted by Crippen LogP contribution is 2.27. The van der Waals surface area contributed by atoms with E-state index in [1.54, 1.807) is 12.1 Å². The van der Waals surface area contributed by atoms with Crippen LogP contribution in [0.5, 0.6) is 0 Å². The van der Waals surface area contributed by atoms with Gasteiger partial charge in [-0.25, -0.2) is 0 Å². The average molecular weight is 393 g/mol. The number of Topliss-reactive ketones (excluding diaryl/α,β-unsaturated/α-hetero) is 1. The molecule has 1 N–H and O–H groups in total. The zero-order valence-corrected chi connectivity index (χ0v) is 16.2. The maximum Gasteiger partial charge on any atom is 0.277 e. The van der Waals surface area contributed by atoms with Crippen molar-refractivity contribution in [2.24, 2.45) is 0 Å². The van der Waals surface area contributed by atoms with E-state index in [4.69, 9.17) is 4.42 Å². The number of carbonyl (C=O) groups excluding carboxylic acids is 2. The Hall–Kier alpha value is -2.93. The van der Waals surface area contributed by atoms with Gasteiger partial charge in [0.1, 0.15) is 0 Å². The molecule has 0 saturated heterocycles. The largest absolute Gasteiger partial charge is 0.411 e. The van der Waals surface area contributed by atoms with Gasteiger partial charge < -0.3 is 9.73 Å². The van der Waals surface area contributed by atoms with Crippen LogP contribution in [-0.2, 0) is 11.2 Å². The molecule has 3 aromatic rings. The van der Waals surface area contributed by atoms with Crippen LogP contribution in [0.3, 0.4) is 0 Å². The normalized spacial score (nSPS) is 13.5. The van der Waals surface area contributed by atoms with E-state index in [1.165, 1.54) is 11.8 Å². The van der Waals surface area contributed by atoms with E-state index in [9.17, 15) is 9.59 Å². The number of hydrogen-bond acceptors (Lipinski definition) is 6. The number of aromatic nitrogens is 2. The molecule has 28 heavy (non-hydrogen) atoms. The lowest BCUT2D eigenvalue weighted by Crippen LogP contribution is -2.10. The molecule has 1 amide bonds. The van der Waals surface area contributed by atoms with Crippen molar-refractivity contribution in [1.82, 2.24) is 10.2 Å². The lowest BCUT2D eigenvalue weighted by molar-refractivity contribution is -0.116. The summed E-state index contributed by atoms with van der Waals surface area (Å²) in [5, 5.41) is 11.4. The second kappa shape index (κ2) is 7.98. The van der Waals surface area contributed by atoms with Gasteiger partial charge in [0.15, 0.2) is 5.78 Å². The standard InChI is InChI=1S/C21H19N3O3S/c1-13-5-2-3-7-16(13)20-23-24-21(27-20)28-12-18(25)15-9-10-17-14(11-15)6-4-8-19(26)22-17/h2-3,5,7,9-11H,4,6,8,12H2,1H3,(H,22,26). The van der Waals surface area contributed by atoms with Crippen LogP contribution in [0.4, 0.5) is 5.69 Å². The summed E-state index contributed by atoms with van der Waals surface area (Å²) in [6.45, 7) is 1.98. The van der Waals surface area contributed by atoms with Gasteiger partial charge in [0.2, 0.25) is 11.8 Å². The molecule has 2 aromatic carbocycles. The Kier molecular flexibility index (Phi) is 5.25. The molecule has 0 aliphatic carbocycles. The molecule has 7 heteroatoms. The van der Waals surface area contributed by atoms with Crippen LogP contribution >= 0.6 is 11.8 Å². The van der Waals surface area contributed by atoms with E-state index in [0.717, 1.165) is 35.2 Å². The number of ketones is 1. The number of hydrogen-bond donors (Lipinski definition) is 1. The molecule has 0 radical (unpaired) electrons. The summed E-state index contributed by atoms with van der Waals surface area (Å²) in [5.41, 5.74) is 4.37. The van der Waals surface area contributed by atoms with Crippen molar-refractivity contribution in [3.8, 4) is 11.5 Å². The first-order valence-electron chi connectivity index (χ1n) is 9.08. The summed E-state index contributed by atoms with van der Waals surface area (Å²) in [5.74, 6) is 0.669. The maximum atomic E-state index is 12.6. The Morgan fingerprint density at radius 2 is 2.04 bits per heavy atom. The van der Waals surface area contributed by atoms with Gasteiger partial charge in [0.25, 0.3) is 5.22 Å². The molecule has 6 nitrogen and oxygen atoms in total. The van der Waals surface area contributed by atoms with Gasteiger partial charge in [-0.05, 0) is 55.2 Å². The van der Waals surface area contributed by atoms with Gasteiger partial charge in [0.05, 0.1) is 5.75 Å². The first-order valence-corrected chi connectivity index (χ1v) is 10.1. The van der Waals surface area contributed by atoms with Crippen LogP contribution in [0.2, 0.25) is 0 Å². The molecule has 0 atom stereocenters. The van der Waals surface area contributed by atoms with Crippen LogP contribution in [0.25, 0.3) is 11.5 Å². The second-order valence-corrected chi connectivity index (χ2v) is 7.60. The maximum absolute atomic E-state index is 12.6. The van der Waals surface area contributed by atoms with Gasteiger partial charge in [-0.3, -0.25) is 9.59 Å². The fraction of sp³-hybridized carbons (Fsp3) is 0.238. The van der Waals surface area contributed by atoms with Crippen molar-refractivity contribution in [2.45, 2.75) is 31.4 Å². The van der Waals surface area contributed by atoms with Crippen molar-refractivity contribution in [3.05, 3.63) is 59.2 Å². The highest BCUT2D eigenvalue weighted by atomic mass is 32.2. The molecule has 0 spiro atoms. The number of aryl methyl sites for hydroxylation is 2. The van der Waals surface area contributed by atoms with Crippen LogP contribution in [0.1, 0.15) is 34.3 Å².